The van der Waals surface area contributed by atoms with Crippen molar-refractivity contribution in [3.63, 3.8) is 0 Å². The van der Waals surface area contributed by atoms with Crippen molar-refractivity contribution in [1.82, 2.24) is 0 Å². The molecule has 0 fully saturated rings. The van der Waals surface area contributed by atoms with Gasteiger partial charge < -0.3 is 0 Å². The molecule has 14 heavy (non-hydrogen) atoms. The molecule has 0 aromatic rings. The number of hydrogen-bond donors (Lipinski definition) is 0. The topological polar surface area (TPSA) is 0 Å². The molecule has 0 heteroatoms. The standard InChI is InChI=1S/C14H30/c1-12(2,3)9-10-14(7,8)11-13(4,5)6/h9-11H2,1-8H3/i7D3,8D3. The highest BCUT2D eigenvalue weighted by Crippen LogP contribution is 2.39. The van der Waals surface area contributed by atoms with Crippen LogP contribution < -0.4 is 0 Å². The van der Waals surface area contributed by atoms with E-state index < -0.39 is 19.1 Å². The van der Waals surface area contributed by atoms with Gasteiger partial charge in [-0.25, -0.2) is 0 Å². The van der Waals surface area contributed by atoms with Gasteiger partial charge in [0.2, 0.25) is 0 Å². The molecule has 0 aromatic heterocycles. The third-order valence-corrected chi connectivity index (χ3v) is 2.13. The van der Waals surface area contributed by atoms with Crippen molar-refractivity contribution < 1.29 is 8.22 Å². The van der Waals surface area contributed by atoms with Crippen molar-refractivity contribution in [1.29, 1.82) is 0 Å². The van der Waals surface area contributed by atoms with Gasteiger partial charge in [-0.2, -0.15) is 0 Å². The maximum atomic E-state index is 7.85. The molecular formula is C14H30. The van der Waals surface area contributed by atoms with Gasteiger partial charge in [-0.15, -0.1) is 0 Å². The highest BCUT2D eigenvalue weighted by atomic mass is 14.3. The second-order valence-electron chi connectivity index (χ2n) is 6.88. The summed E-state index contributed by atoms with van der Waals surface area (Å²) in [5.41, 5.74) is -2.06. The van der Waals surface area contributed by atoms with E-state index in [0.717, 1.165) is 0 Å². The molecule has 0 aliphatic heterocycles. The van der Waals surface area contributed by atoms with Gasteiger partial charge in [0.05, 0.1) is 0 Å². The zero-order chi connectivity index (χ0) is 16.6. The lowest BCUT2D eigenvalue weighted by Gasteiger charge is -2.34. The van der Waals surface area contributed by atoms with Crippen LogP contribution in [0.4, 0.5) is 0 Å². The summed E-state index contributed by atoms with van der Waals surface area (Å²) in [5.74, 6) is 0. The highest BCUT2D eigenvalue weighted by molar-refractivity contribution is 4.78. The molecule has 0 unspecified atom stereocenters. The van der Waals surface area contributed by atoms with Crippen molar-refractivity contribution in [2.75, 3.05) is 0 Å². The fraction of sp³-hybridized carbons (Fsp3) is 1.00. The van der Waals surface area contributed by atoms with Gasteiger partial charge in [-0.3, -0.25) is 0 Å². The molecule has 0 amide bonds. The first-order valence-corrected chi connectivity index (χ1v) is 5.41. The molecule has 0 saturated carbocycles. The van der Waals surface area contributed by atoms with Crippen molar-refractivity contribution in [3.8, 4) is 0 Å². The number of hydrogen-bond acceptors (Lipinski definition) is 0. The van der Waals surface area contributed by atoms with Crippen LogP contribution in [0, 0.1) is 16.2 Å². The Bertz CT molecular complexity index is 297. The molecule has 0 bridgehead atoms. The maximum Gasteiger partial charge on any atom is 0.0236 e. The average molecular weight is 204 g/mol. The van der Waals surface area contributed by atoms with E-state index in [9.17, 15) is 0 Å². The lowest BCUT2D eigenvalue weighted by molar-refractivity contribution is 0.173. The Hall–Kier alpha value is 0. The molecule has 0 radical (unpaired) electrons. The van der Waals surface area contributed by atoms with E-state index in [1.54, 1.807) is 0 Å². The predicted octanol–water partition coefficient (Wildman–Crippen LogP) is 5.28. The van der Waals surface area contributed by atoms with Crippen molar-refractivity contribution in [3.05, 3.63) is 0 Å². The third kappa shape index (κ3) is 8.59. The van der Waals surface area contributed by atoms with E-state index in [0.29, 0.717) is 6.42 Å². The molecule has 0 nitrogen and oxygen atoms in total. The Morgan fingerprint density at radius 2 is 1.29 bits per heavy atom. The summed E-state index contributed by atoms with van der Waals surface area (Å²) in [6.07, 6.45) is 0.948. The fourth-order valence-electron chi connectivity index (χ4n) is 1.58. The zero-order valence-electron chi connectivity index (χ0n) is 16.6. The molecule has 0 spiro atoms. The van der Waals surface area contributed by atoms with E-state index in [4.69, 9.17) is 8.22 Å². The SMILES string of the molecule is [2H]C([2H])([2H])C(CCC(C)(C)C)(CC(C)(C)C)C([2H])([2H])[2H]. The smallest absolute Gasteiger partial charge is 0.0236 e. The molecular weight excluding hydrogens is 168 g/mol. The molecule has 0 atom stereocenters. The van der Waals surface area contributed by atoms with E-state index in [2.05, 4.69) is 0 Å². The van der Waals surface area contributed by atoms with Crippen molar-refractivity contribution >= 4 is 0 Å². The normalized spacial score (nSPS) is 22.7. The van der Waals surface area contributed by atoms with Crippen LogP contribution in [0.5, 0.6) is 0 Å². The van der Waals surface area contributed by atoms with E-state index in [1.807, 2.05) is 41.5 Å². The average Bonchev–Trinajstić information content (AvgIpc) is 2.04. The van der Waals surface area contributed by atoms with Crippen molar-refractivity contribution in [2.24, 2.45) is 16.2 Å². The largest absolute Gasteiger partial charge is 0.0602 e. The summed E-state index contributed by atoms with van der Waals surface area (Å²) in [4.78, 5) is 0. The summed E-state index contributed by atoms with van der Waals surface area (Å²) < 4.78 is 47.1. The molecule has 0 aliphatic rings. The molecule has 0 heterocycles. The van der Waals surface area contributed by atoms with Gasteiger partial charge in [0.15, 0.2) is 0 Å². The molecule has 0 aliphatic carbocycles. The van der Waals surface area contributed by atoms with Crippen LogP contribution in [0.2, 0.25) is 0 Å². The Morgan fingerprint density at radius 1 is 0.786 bits per heavy atom. The molecule has 0 rings (SSSR count). The Kier molecular flexibility index (Phi) is 1.99. The first-order valence-electron chi connectivity index (χ1n) is 8.41. The van der Waals surface area contributed by atoms with Gasteiger partial charge in [0.1, 0.15) is 0 Å². The van der Waals surface area contributed by atoms with Crippen LogP contribution in [0.15, 0.2) is 0 Å². The minimum Gasteiger partial charge on any atom is -0.0602 e. The fourth-order valence-corrected chi connectivity index (χ4v) is 1.58. The summed E-state index contributed by atoms with van der Waals surface area (Å²) in [6, 6.07) is 0. The third-order valence-electron chi connectivity index (χ3n) is 2.13. The minimum atomic E-state index is -2.49. The summed E-state index contributed by atoms with van der Waals surface area (Å²) in [6.45, 7) is 6.74. The maximum absolute atomic E-state index is 7.85. The second-order valence-corrected chi connectivity index (χ2v) is 6.88. The van der Waals surface area contributed by atoms with Crippen molar-refractivity contribution in [2.45, 2.75) is 74.5 Å². The Balaban J connectivity index is 5.71. The van der Waals surface area contributed by atoms with Crippen LogP contribution in [-0.2, 0) is 0 Å². The summed E-state index contributed by atoms with van der Waals surface area (Å²) in [7, 11) is 0. The zero-order valence-corrected chi connectivity index (χ0v) is 10.6. The lowest BCUT2D eigenvalue weighted by Crippen LogP contribution is -2.22. The van der Waals surface area contributed by atoms with E-state index in [1.165, 1.54) is 0 Å². The summed E-state index contributed by atoms with van der Waals surface area (Å²) in [5, 5.41) is 0. The van der Waals surface area contributed by atoms with Gasteiger partial charge in [0.25, 0.3) is 0 Å². The summed E-state index contributed by atoms with van der Waals surface area (Å²) >= 11 is 0. The molecule has 0 aromatic carbocycles. The predicted molar refractivity (Wildman–Crippen MR) is 66.5 cm³/mol. The van der Waals surface area contributed by atoms with Gasteiger partial charge in [0, 0.05) is 8.22 Å². The monoisotopic (exact) mass is 204 g/mol. The second kappa shape index (κ2) is 4.24. The number of rotatable bonds is 3. The Labute approximate surface area is 99.9 Å². The van der Waals surface area contributed by atoms with Gasteiger partial charge >= 0.3 is 0 Å². The first kappa shape index (κ1) is 6.55. The van der Waals surface area contributed by atoms with E-state index >= 15 is 0 Å². The quantitative estimate of drug-likeness (QED) is 0.587. The van der Waals surface area contributed by atoms with Crippen LogP contribution in [0.1, 0.15) is 82.7 Å². The first-order chi connectivity index (χ1) is 8.41. The van der Waals surface area contributed by atoms with Crippen LogP contribution in [0.3, 0.4) is 0 Å². The van der Waals surface area contributed by atoms with Crippen LogP contribution >= 0.6 is 0 Å². The molecule has 0 saturated heterocycles. The minimum absolute atomic E-state index is 0.0837. The lowest BCUT2D eigenvalue weighted by atomic mass is 9.71. The van der Waals surface area contributed by atoms with Crippen LogP contribution in [0.25, 0.3) is 0 Å². The van der Waals surface area contributed by atoms with Crippen LogP contribution in [-0.4, -0.2) is 0 Å². The van der Waals surface area contributed by atoms with Gasteiger partial charge in [-0.1, -0.05) is 55.2 Å². The molecule has 86 valence electrons. The Morgan fingerprint density at radius 3 is 1.57 bits per heavy atom. The van der Waals surface area contributed by atoms with Gasteiger partial charge in [-0.05, 0) is 35.5 Å². The highest BCUT2D eigenvalue weighted by Gasteiger charge is 2.26. The van der Waals surface area contributed by atoms with E-state index in [-0.39, 0.29) is 23.7 Å². The molecule has 0 N–H and O–H groups in total.